The molecule has 0 aromatic rings. The van der Waals surface area contributed by atoms with E-state index in [-0.39, 0.29) is 12.5 Å². The van der Waals surface area contributed by atoms with Gasteiger partial charge in [0.15, 0.2) is 0 Å². The fourth-order valence-corrected chi connectivity index (χ4v) is 2.49. The molecule has 0 spiro atoms. The molecular formula is C15H26N2O3. The Morgan fingerprint density at radius 3 is 2.70 bits per heavy atom. The molecule has 0 aliphatic carbocycles. The smallest absolute Gasteiger partial charge is 0.317 e. The van der Waals surface area contributed by atoms with Crippen LogP contribution in [0.15, 0.2) is 12.2 Å². The quantitative estimate of drug-likeness (QED) is 0.672. The average molecular weight is 282 g/mol. The van der Waals surface area contributed by atoms with Crippen molar-refractivity contribution in [2.24, 2.45) is 5.92 Å². The van der Waals surface area contributed by atoms with Crippen LogP contribution in [-0.2, 0) is 4.79 Å². The van der Waals surface area contributed by atoms with Crippen LogP contribution in [0.2, 0.25) is 0 Å². The van der Waals surface area contributed by atoms with Gasteiger partial charge in [-0.25, -0.2) is 4.79 Å². The lowest BCUT2D eigenvalue weighted by Gasteiger charge is -2.24. The third-order valence-corrected chi connectivity index (χ3v) is 3.64. The van der Waals surface area contributed by atoms with Gasteiger partial charge < -0.3 is 15.3 Å². The fraction of sp³-hybridized carbons (Fsp3) is 0.733. The van der Waals surface area contributed by atoms with Crippen molar-refractivity contribution < 1.29 is 14.7 Å². The summed E-state index contributed by atoms with van der Waals surface area (Å²) in [7, 11) is 0. The van der Waals surface area contributed by atoms with Gasteiger partial charge in [-0.1, -0.05) is 31.9 Å². The number of rotatable bonds is 8. The van der Waals surface area contributed by atoms with Gasteiger partial charge >= 0.3 is 12.0 Å². The SMILES string of the molecule is CCCC(CCNC(=O)N1CC=CCC1)CCC(=O)O. The van der Waals surface area contributed by atoms with E-state index in [1.807, 2.05) is 6.08 Å². The second-order valence-electron chi connectivity index (χ2n) is 5.31. The largest absolute Gasteiger partial charge is 0.481 e. The predicted octanol–water partition coefficient (Wildman–Crippen LogP) is 2.63. The molecule has 0 saturated carbocycles. The van der Waals surface area contributed by atoms with Gasteiger partial charge in [0, 0.05) is 26.1 Å². The van der Waals surface area contributed by atoms with E-state index >= 15 is 0 Å². The first kappa shape index (κ1) is 16.5. The molecule has 1 unspecified atom stereocenters. The van der Waals surface area contributed by atoms with Crippen molar-refractivity contribution in [3.05, 3.63) is 12.2 Å². The molecule has 114 valence electrons. The van der Waals surface area contributed by atoms with E-state index in [0.29, 0.717) is 25.4 Å². The monoisotopic (exact) mass is 282 g/mol. The maximum Gasteiger partial charge on any atom is 0.317 e. The number of carboxylic acids is 1. The van der Waals surface area contributed by atoms with Crippen LogP contribution in [0.3, 0.4) is 0 Å². The molecule has 0 fully saturated rings. The number of aliphatic carboxylic acids is 1. The molecule has 2 N–H and O–H groups in total. The molecule has 0 bridgehead atoms. The lowest BCUT2D eigenvalue weighted by atomic mass is 9.94. The number of urea groups is 1. The van der Waals surface area contributed by atoms with Crippen LogP contribution in [0.5, 0.6) is 0 Å². The Morgan fingerprint density at radius 2 is 2.10 bits per heavy atom. The van der Waals surface area contributed by atoms with Gasteiger partial charge in [0.1, 0.15) is 0 Å². The minimum atomic E-state index is -0.741. The van der Waals surface area contributed by atoms with Crippen LogP contribution < -0.4 is 5.32 Å². The van der Waals surface area contributed by atoms with Gasteiger partial charge in [0.25, 0.3) is 0 Å². The molecule has 20 heavy (non-hydrogen) atoms. The van der Waals surface area contributed by atoms with Gasteiger partial charge in [-0.3, -0.25) is 4.79 Å². The van der Waals surface area contributed by atoms with E-state index in [2.05, 4.69) is 18.3 Å². The first-order chi connectivity index (χ1) is 9.63. The Balaban J connectivity index is 2.23. The minimum Gasteiger partial charge on any atom is -0.481 e. The summed E-state index contributed by atoms with van der Waals surface area (Å²) in [4.78, 5) is 24.3. The lowest BCUT2D eigenvalue weighted by Crippen LogP contribution is -2.42. The Morgan fingerprint density at radius 1 is 1.30 bits per heavy atom. The number of nitrogens with zero attached hydrogens (tertiary/aromatic N) is 1. The number of nitrogens with one attached hydrogen (secondary N) is 1. The zero-order valence-electron chi connectivity index (χ0n) is 12.3. The zero-order valence-corrected chi connectivity index (χ0v) is 12.3. The van der Waals surface area contributed by atoms with E-state index in [0.717, 1.165) is 32.2 Å². The summed E-state index contributed by atoms with van der Waals surface area (Å²) < 4.78 is 0. The van der Waals surface area contributed by atoms with Crippen molar-refractivity contribution >= 4 is 12.0 Å². The average Bonchev–Trinajstić information content (AvgIpc) is 2.45. The van der Waals surface area contributed by atoms with Crippen LogP contribution in [0.25, 0.3) is 0 Å². The predicted molar refractivity (Wildman–Crippen MR) is 78.6 cm³/mol. The Kier molecular flexibility index (Phi) is 7.77. The molecule has 0 aromatic carbocycles. The summed E-state index contributed by atoms with van der Waals surface area (Å²) in [6.07, 6.45) is 8.87. The Labute approximate surface area is 121 Å². The first-order valence-corrected chi connectivity index (χ1v) is 7.53. The molecule has 5 heteroatoms. The molecule has 5 nitrogen and oxygen atoms in total. The van der Waals surface area contributed by atoms with Crippen molar-refractivity contribution in [3.63, 3.8) is 0 Å². The molecule has 2 amide bonds. The van der Waals surface area contributed by atoms with Gasteiger partial charge in [0.05, 0.1) is 0 Å². The third-order valence-electron chi connectivity index (χ3n) is 3.64. The highest BCUT2D eigenvalue weighted by atomic mass is 16.4. The summed E-state index contributed by atoms with van der Waals surface area (Å²) in [6.45, 7) is 4.19. The summed E-state index contributed by atoms with van der Waals surface area (Å²) in [5, 5.41) is 11.7. The highest BCUT2D eigenvalue weighted by molar-refractivity contribution is 5.74. The third kappa shape index (κ3) is 6.59. The van der Waals surface area contributed by atoms with E-state index in [1.165, 1.54) is 0 Å². The van der Waals surface area contributed by atoms with Crippen LogP contribution in [-0.4, -0.2) is 41.6 Å². The maximum atomic E-state index is 11.9. The van der Waals surface area contributed by atoms with Crippen molar-refractivity contribution in [3.8, 4) is 0 Å². The topological polar surface area (TPSA) is 69.6 Å². The Hall–Kier alpha value is -1.52. The molecule has 0 aromatic heterocycles. The highest BCUT2D eigenvalue weighted by Crippen LogP contribution is 2.17. The number of hydrogen-bond acceptors (Lipinski definition) is 2. The van der Waals surface area contributed by atoms with Crippen molar-refractivity contribution in [1.29, 1.82) is 0 Å². The fourth-order valence-electron chi connectivity index (χ4n) is 2.49. The van der Waals surface area contributed by atoms with Crippen LogP contribution in [0.4, 0.5) is 4.79 Å². The standard InChI is InChI=1S/C15H26N2O3/c1-2-6-13(7-8-14(18)19)9-10-16-15(20)17-11-4-3-5-12-17/h3-4,13H,2,5-12H2,1H3,(H,16,20)(H,18,19). The Bertz CT molecular complexity index is 342. The van der Waals surface area contributed by atoms with Crippen LogP contribution in [0.1, 0.15) is 45.4 Å². The molecule has 1 aliphatic rings. The highest BCUT2D eigenvalue weighted by Gasteiger charge is 2.14. The normalized spacial score (nSPS) is 15.9. The first-order valence-electron chi connectivity index (χ1n) is 7.53. The summed E-state index contributed by atoms with van der Waals surface area (Å²) in [6, 6.07) is -0.0113. The van der Waals surface area contributed by atoms with E-state index in [1.54, 1.807) is 4.90 Å². The number of carbonyl (C=O) groups is 2. The lowest BCUT2D eigenvalue weighted by molar-refractivity contribution is -0.137. The molecule has 0 saturated heterocycles. The van der Waals surface area contributed by atoms with Crippen molar-refractivity contribution in [2.45, 2.75) is 45.4 Å². The number of carboxylic acid groups (broad SMARTS) is 1. The van der Waals surface area contributed by atoms with Gasteiger partial charge in [-0.05, 0) is 25.2 Å². The molecular weight excluding hydrogens is 256 g/mol. The van der Waals surface area contributed by atoms with Gasteiger partial charge in [-0.15, -0.1) is 0 Å². The van der Waals surface area contributed by atoms with E-state index < -0.39 is 5.97 Å². The molecule has 1 atom stereocenters. The molecule has 1 aliphatic heterocycles. The summed E-state index contributed by atoms with van der Waals surface area (Å²) in [5.74, 6) is -0.354. The summed E-state index contributed by atoms with van der Waals surface area (Å²) in [5.41, 5.74) is 0. The molecule has 1 heterocycles. The van der Waals surface area contributed by atoms with Crippen LogP contribution >= 0.6 is 0 Å². The second-order valence-corrected chi connectivity index (χ2v) is 5.31. The summed E-state index contributed by atoms with van der Waals surface area (Å²) >= 11 is 0. The number of amides is 2. The van der Waals surface area contributed by atoms with E-state index in [9.17, 15) is 9.59 Å². The van der Waals surface area contributed by atoms with Crippen molar-refractivity contribution in [1.82, 2.24) is 10.2 Å². The maximum absolute atomic E-state index is 11.9. The van der Waals surface area contributed by atoms with Crippen LogP contribution in [0, 0.1) is 5.92 Å². The number of carbonyl (C=O) groups excluding carboxylic acids is 1. The van der Waals surface area contributed by atoms with Gasteiger partial charge in [0.2, 0.25) is 0 Å². The van der Waals surface area contributed by atoms with Crippen molar-refractivity contribution in [2.75, 3.05) is 19.6 Å². The molecule has 1 rings (SSSR count). The molecule has 0 radical (unpaired) electrons. The minimum absolute atomic E-state index is 0.0113. The second kappa shape index (κ2) is 9.39. The van der Waals surface area contributed by atoms with E-state index in [4.69, 9.17) is 5.11 Å². The number of hydrogen-bond donors (Lipinski definition) is 2. The zero-order chi connectivity index (χ0) is 14.8. The van der Waals surface area contributed by atoms with Gasteiger partial charge in [-0.2, -0.15) is 0 Å².